The summed E-state index contributed by atoms with van der Waals surface area (Å²) in [5, 5.41) is 20.4. The fourth-order valence-corrected chi connectivity index (χ4v) is 4.12. The van der Waals surface area contributed by atoms with E-state index >= 15 is 0 Å². The van der Waals surface area contributed by atoms with Crippen molar-refractivity contribution in [2.45, 2.75) is 77.2 Å². The molecule has 0 amide bonds. The van der Waals surface area contributed by atoms with Crippen molar-refractivity contribution in [3.05, 3.63) is 53.2 Å². The third-order valence-corrected chi connectivity index (χ3v) is 10.8. The van der Waals surface area contributed by atoms with Crippen LogP contribution in [0.15, 0.2) is 36.5 Å². The Labute approximate surface area is 185 Å². The summed E-state index contributed by atoms with van der Waals surface area (Å²) < 4.78 is 18.6. The quantitative estimate of drug-likeness (QED) is 0.649. The van der Waals surface area contributed by atoms with Crippen LogP contribution < -0.4 is 9.47 Å². The smallest absolute Gasteiger partial charge is 0.219 e. The van der Waals surface area contributed by atoms with Crippen LogP contribution in [0.25, 0.3) is 0 Å². The van der Waals surface area contributed by atoms with E-state index in [4.69, 9.17) is 13.9 Å². The number of nitriles is 1. The molecule has 1 aromatic carbocycles. The Hall–Kier alpha value is -2.40. The average Bonchev–Trinajstić information content (AvgIpc) is 2.69. The predicted octanol–water partition coefficient (Wildman–Crippen LogP) is 5.13. The molecule has 0 radical (unpaired) electrons. The Bertz CT molecular complexity index is 992. The number of hydrogen-bond acceptors (Lipinski definition) is 6. The van der Waals surface area contributed by atoms with Gasteiger partial charge in [-0.15, -0.1) is 0 Å². The van der Waals surface area contributed by atoms with Gasteiger partial charge in [0.15, 0.2) is 14.4 Å². The van der Waals surface area contributed by atoms with E-state index in [-0.39, 0.29) is 5.04 Å². The van der Waals surface area contributed by atoms with Crippen molar-refractivity contribution < 1.29 is 19.0 Å². The van der Waals surface area contributed by atoms with Gasteiger partial charge in [-0.05, 0) is 62.3 Å². The number of pyridine rings is 1. The molecule has 1 aliphatic rings. The van der Waals surface area contributed by atoms with Crippen LogP contribution in [0.2, 0.25) is 18.1 Å². The molecule has 166 valence electrons. The van der Waals surface area contributed by atoms with E-state index in [0.717, 1.165) is 5.56 Å². The first-order chi connectivity index (χ1) is 14.4. The molecule has 2 aromatic rings. The Morgan fingerprint density at radius 2 is 1.97 bits per heavy atom. The second-order valence-corrected chi connectivity index (χ2v) is 14.9. The van der Waals surface area contributed by atoms with Crippen LogP contribution in [0, 0.1) is 11.3 Å². The van der Waals surface area contributed by atoms with Crippen molar-refractivity contribution in [1.29, 1.82) is 5.26 Å². The highest BCUT2D eigenvalue weighted by Crippen LogP contribution is 2.43. The van der Waals surface area contributed by atoms with Crippen LogP contribution in [0.1, 0.15) is 57.4 Å². The standard InChI is InChI=1S/C24H32N2O4Si/c1-23(2,3)31(6,7)28-15-17-9-8-12-26-22(17)29-20-18-13-16(14-25)10-11-19(18)30-24(4,5)21(20)27/h8-13,20-21,27H,15H2,1-7H3/t20-,21+/m0/s1. The van der Waals surface area contributed by atoms with Crippen LogP contribution in [-0.2, 0) is 11.0 Å². The Kier molecular flexibility index (Phi) is 6.20. The Morgan fingerprint density at radius 3 is 2.61 bits per heavy atom. The molecule has 3 rings (SSSR count). The molecule has 0 saturated heterocycles. The first kappa shape index (κ1) is 23.3. The number of rotatable bonds is 5. The highest BCUT2D eigenvalue weighted by Gasteiger charge is 2.45. The zero-order valence-electron chi connectivity index (χ0n) is 19.4. The number of benzene rings is 1. The summed E-state index contributed by atoms with van der Waals surface area (Å²) in [6.45, 7) is 15.0. The molecular weight excluding hydrogens is 408 g/mol. The van der Waals surface area contributed by atoms with Gasteiger partial charge in [0.25, 0.3) is 0 Å². The SMILES string of the molecule is CC1(C)Oc2ccc(C#N)cc2[C@H](Oc2ncccc2CO[Si](C)(C)C(C)(C)C)[C@H]1O. The molecule has 0 unspecified atom stereocenters. The van der Waals surface area contributed by atoms with Crippen LogP contribution in [0.5, 0.6) is 11.6 Å². The molecule has 7 heteroatoms. The van der Waals surface area contributed by atoms with Crippen LogP contribution in [0.4, 0.5) is 0 Å². The third-order valence-electron chi connectivity index (χ3n) is 6.30. The topological polar surface area (TPSA) is 84.6 Å². The number of hydrogen-bond donors (Lipinski definition) is 1. The summed E-state index contributed by atoms with van der Waals surface area (Å²) in [5.74, 6) is 1.01. The molecule has 2 atom stereocenters. The van der Waals surface area contributed by atoms with E-state index in [1.165, 1.54) is 0 Å². The van der Waals surface area contributed by atoms with Crippen molar-refractivity contribution in [2.75, 3.05) is 0 Å². The molecule has 1 aliphatic heterocycles. The zero-order valence-corrected chi connectivity index (χ0v) is 20.4. The second kappa shape index (κ2) is 8.27. The van der Waals surface area contributed by atoms with Crippen molar-refractivity contribution in [3.8, 4) is 17.7 Å². The molecule has 2 heterocycles. The first-order valence-electron chi connectivity index (χ1n) is 10.5. The normalized spacial score (nSPS) is 20.4. The van der Waals surface area contributed by atoms with Gasteiger partial charge in [-0.25, -0.2) is 4.98 Å². The summed E-state index contributed by atoms with van der Waals surface area (Å²) in [6.07, 6.45) is -0.0204. The molecule has 6 nitrogen and oxygen atoms in total. The highest BCUT2D eigenvalue weighted by atomic mass is 28.4. The number of aliphatic hydroxyl groups excluding tert-OH is 1. The van der Waals surface area contributed by atoms with Crippen molar-refractivity contribution in [1.82, 2.24) is 4.98 Å². The fraction of sp³-hybridized carbons (Fsp3) is 0.500. The Balaban J connectivity index is 1.93. The van der Waals surface area contributed by atoms with E-state index in [0.29, 0.717) is 29.4 Å². The molecule has 0 fully saturated rings. The molecule has 0 bridgehead atoms. The second-order valence-electron chi connectivity index (χ2n) is 10.1. The van der Waals surface area contributed by atoms with Crippen LogP contribution in [0.3, 0.4) is 0 Å². The van der Waals surface area contributed by atoms with Gasteiger partial charge in [0.2, 0.25) is 5.88 Å². The summed E-state index contributed by atoms with van der Waals surface area (Å²) in [6, 6.07) is 11.1. The third kappa shape index (κ3) is 4.77. The lowest BCUT2D eigenvalue weighted by atomic mass is 9.87. The lowest BCUT2D eigenvalue weighted by molar-refractivity contribution is -0.104. The van der Waals surface area contributed by atoms with E-state index < -0.39 is 26.1 Å². The molecule has 0 aliphatic carbocycles. The number of aliphatic hydroxyl groups is 1. The minimum Gasteiger partial charge on any atom is -0.485 e. The van der Waals surface area contributed by atoms with Crippen molar-refractivity contribution >= 4 is 8.32 Å². The van der Waals surface area contributed by atoms with E-state index in [1.807, 2.05) is 26.0 Å². The number of ether oxygens (including phenoxy) is 2. The number of fused-ring (bicyclic) bond motifs is 1. The van der Waals surface area contributed by atoms with Gasteiger partial charge in [0, 0.05) is 17.3 Å². The minimum atomic E-state index is -1.96. The van der Waals surface area contributed by atoms with Gasteiger partial charge >= 0.3 is 0 Å². The minimum absolute atomic E-state index is 0.0871. The highest BCUT2D eigenvalue weighted by molar-refractivity contribution is 6.74. The summed E-state index contributed by atoms with van der Waals surface area (Å²) in [4.78, 5) is 4.43. The monoisotopic (exact) mass is 440 g/mol. The average molecular weight is 441 g/mol. The maximum atomic E-state index is 11.0. The molecule has 1 aromatic heterocycles. The van der Waals surface area contributed by atoms with E-state index in [1.54, 1.807) is 24.4 Å². The maximum Gasteiger partial charge on any atom is 0.219 e. The van der Waals surface area contributed by atoms with Crippen LogP contribution >= 0.6 is 0 Å². The van der Waals surface area contributed by atoms with E-state index in [9.17, 15) is 10.4 Å². The molecule has 1 N–H and O–H groups in total. The van der Waals surface area contributed by atoms with Crippen molar-refractivity contribution in [2.24, 2.45) is 0 Å². The van der Waals surface area contributed by atoms with Gasteiger partial charge in [-0.1, -0.05) is 20.8 Å². The Morgan fingerprint density at radius 1 is 1.26 bits per heavy atom. The summed E-state index contributed by atoms with van der Waals surface area (Å²) in [5.41, 5.74) is 1.07. The zero-order chi connectivity index (χ0) is 23.0. The number of aromatic nitrogens is 1. The fourth-order valence-electron chi connectivity index (χ4n) is 3.17. The molecule has 0 spiro atoms. The first-order valence-corrected chi connectivity index (χ1v) is 13.4. The van der Waals surface area contributed by atoms with Gasteiger partial charge in [0.1, 0.15) is 17.5 Å². The lowest BCUT2D eigenvalue weighted by Gasteiger charge is -2.41. The molecular formula is C24H32N2O4Si. The van der Waals surface area contributed by atoms with E-state index in [2.05, 4.69) is 44.9 Å². The van der Waals surface area contributed by atoms with Gasteiger partial charge in [-0.3, -0.25) is 0 Å². The lowest BCUT2D eigenvalue weighted by Crippen LogP contribution is -2.50. The molecule has 31 heavy (non-hydrogen) atoms. The molecule has 0 saturated carbocycles. The van der Waals surface area contributed by atoms with Crippen LogP contribution in [-0.4, -0.2) is 30.1 Å². The maximum absolute atomic E-state index is 11.0. The van der Waals surface area contributed by atoms with Gasteiger partial charge < -0.3 is 19.0 Å². The predicted molar refractivity (Wildman–Crippen MR) is 121 cm³/mol. The summed E-state index contributed by atoms with van der Waals surface area (Å²) in [7, 11) is -1.96. The largest absolute Gasteiger partial charge is 0.485 e. The summed E-state index contributed by atoms with van der Waals surface area (Å²) >= 11 is 0. The van der Waals surface area contributed by atoms with Crippen molar-refractivity contribution in [3.63, 3.8) is 0 Å². The number of nitrogens with zero attached hydrogens (tertiary/aromatic N) is 2. The van der Waals surface area contributed by atoms with Gasteiger partial charge in [0.05, 0.1) is 18.2 Å². The van der Waals surface area contributed by atoms with Gasteiger partial charge in [-0.2, -0.15) is 5.26 Å².